The molecule has 0 amide bonds. The third-order valence-electron chi connectivity index (χ3n) is 2.97. The van der Waals surface area contributed by atoms with Crippen molar-refractivity contribution in [3.8, 4) is 11.5 Å². The predicted molar refractivity (Wildman–Crippen MR) is 80.7 cm³/mol. The average molecular weight is 321 g/mol. The molecule has 0 radical (unpaired) electrons. The monoisotopic (exact) mass is 320 g/mol. The van der Waals surface area contributed by atoms with Crippen LogP contribution in [0.4, 0.5) is 0 Å². The fourth-order valence-corrected chi connectivity index (χ4v) is 2.14. The lowest BCUT2D eigenvalue weighted by molar-refractivity contribution is 0.276. The highest BCUT2D eigenvalue weighted by atomic mass is 79.9. The Balaban J connectivity index is 2.23. The normalized spacial score (nSPS) is 10.8. The second-order valence-electron chi connectivity index (χ2n) is 4.74. The van der Waals surface area contributed by atoms with E-state index < -0.39 is 0 Å². The molecule has 0 aromatic heterocycles. The first-order chi connectivity index (χ1) is 9.10. The van der Waals surface area contributed by atoms with Crippen molar-refractivity contribution in [1.82, 2.24) is 0 Å². The van der Waals surface area contributed by atoms with Gasteiger partial charge in [0.1, 0.15) is 11.5 Å². The minimum absolute atomic E-state index is 0.0350. The maximum absolute atomic E-state index is 9.31. The highest BCUT2D eigenvalue weighted by Gasteiger charge is 2.06. The average Bonchev–Trinajstić information content (AvgIpc) is 2.39. The van der Waals surface area contributed by atoms with Gasteiger partial charge >= 0.3 is 0 Å². The molecule has 0 heterocycles. The van der Waals surface area contributed by atoms with Gasteiger partial charge in [-0.05, 0) is 35.7 Å². The first kappa shape index (κ1) is 14.1. The lowest BCUT2D eigenvalue weighted by Gasteiger charge is -2.11. The molecule has 0 unspecified atom stereocenters. The van der Waals surface area contributed by atoms with Crippen molar-refractivity contribution >= 4 is 15.9 Å². The molecule has 0 aliphatic carbocycles. The zero-order valence-corrected chi connectivity index (χ0v) is 12.6. The Bertz CT molecular complexity index is 547. The molecule has 2 aromatic rings. The zero-order chi connectivity index (χ0) is 13.8. The van der Waals surface area contributed by atoms with Crippen LogP contribution in [0.3, 0.4) is 0 Å². The summed E-state index contributed by atoms with van der Waals surface area (Å²) in [5.74, 6) is 1.96. The molecule has 2 rings (SSSR count). The topological polar surface area (TPSA) is 29.5 Å². The van der Waals surface area contributed by atoms with Crippen molar-refractivity contribution in [3.05, 3.63) is 58.1 Å². The predicted octanol–water partition coefficient (Wildman–Crippen LogP) is 4.86. The van der Waals surface area contributed by atoms with Crippen LogP contribution >= 0.6 is 15.9 Å². The first-order valence-corrected chi connectivity index (χ1v) is 7.06. The molecule has 1 N–H and O–H groups in total. The lowest BCUT2D eigenvalue weighted by Crippen LogP contribution is -1.92. The summed E-state index contributed by atoms with van der Waals surface area (Å²) in [5.41, 5.74) is 2.06. The standard InChI is InChI=1S/C16H17BrO2/c1-11(2)12-4-7-15(8-5-12)19-16-9-14(17)6-3-13(16)10-18/h3-9,11,18H,10H2,1-2H3. The largest absolute Gasteiger partial charge is 0.457 e. The van der Waals surface area contributed by atoms with Gasteiger partial charge in [-0.1, -0.05) is 48.0 Å². The Kier molecular flexibility index (Phi) is 4.61. The number of hydrogen-bond acceptors (Lipinski definition) is 2. The molecule has 0 atom stereocenters. The van der Waals surface area contributed by atoms with E-state index in [0.29, 0.717) is 11.7 Å². The number of ether oxygens (including phenoxy) is 1. The van der Waals surface area contributed by atoms with Crippen molar-refractivity contribution < 1.29 is 9.84 Å². The van der Waals surface area contributed by atoms with Gasteiger partial charge in [0.25, 0.3) is 0 Å². The molecule has 0 fully saturated rings. The summed E-state index contributed by atoms with van der Waals surface area (Å²) in [7, 11) is 0. The molecular weight excluding hydrogens is 304 g/mol. The summed E-state index contributed by atoms with van der Waals surface area (Å²) in [4.78, 5) is 0. The molecule has 2 nitrogen and oxygen atoms in total. The maximum Gasteiger partial charge on any atom is 0.134 e. The Labute approximate surface area is 122 Å². The van der Waals surface area contributed by atoms with Gasteiger partial charge in [-0.25, -0.2) is 0 Å². The van der Waals surface area contributed by atoms with Gasteiger partial charge in [0.2, 0.25) is 0 Å². The van der Waals surface area contributed by atoms with Crippen LogP contribution in [-0.2, 0) is 6.61 Å². The van der Waals surface area contributed by atoms with Crippen LogP contribution in [0, 0.1) is 0 Å². The van der Waals surface area contributed by atoms with Gasteiger partial charge in [-0.15, -0.1) is 0 Å². The van der Waals surface area contributed by atoms with E-state index in [2.05, 4.69) is 41.9 Å². The van der Waals surface area contributed by atoms with E-state index in [4.69, 9.17) is 4.74 Å². The molecule has 3 heteroatoms. The summed E-state index contributed by atoms with van der Waals surface area (Å²) < 4.78 is 6.76. The third-order valence-corrected chi connectivity index (χ3v) is 3.47. The molecule has 0 saturated carbocycles. The molecule has 100 valence electrons. The van der Waals surface area contributed by atoms with Crippen molar-refractivity contribution in [2.75, 3.05) is 0 Å². The Morgan fingerprint density at radius 3 is 2.37 bits per heavy atom. The summed E-state index contributed by atoms with van der Waals surface area (Å²) in [5, 5.41) is 9.31. The number of halogens is 1. The van der Waals surface area contributed by atoms with Crippen LogP contribution in [-0.4, -0.2) is 5.11 Å². The van der Waals surface area contributed by atoms with Gasteiger partial charge in [0.15, 0.2) is 0 Å². The number of aliphatic hydroxyl groups is 1. The van der Waals surface area contributed by atoms with Crippen LogP contribution in [0.15, 0.2) is 46.9 Å². The molecule has 0 aliphatic rings. The Morgan fingerprint density at radius 2 is 1.79 bits per heavy atom. The number of benzene rings is 2. The van der Waals surface area contributed by atoms with Gasteiger partial charge in [-0.3, -0.25) is 0 Å². The van der Waals surface area contributed by atoms with Crippen molar-refractivity contribution in [1.29, 1.82) is 0 Å². The molecule has 0 saturated heterocycles. The van der Waals surface area contributed by atoms with Crippen LogP contribution in [0.5, 0.6) is 11.5 Å². The number of aliphatic hydroxyl groups excluding tert-OH is 1. The summed E-state index contributed by atoms with van der Waals surface area (Å²) in [6.45, 7) is 4.29. The second kappa shape index (κ2) is 6.22. The molecule has 0 spiro atoms. The van der Waals surface area contributed by atoms with Crippen LogP contribution in [0.2, 0.25) is 0 Å². The first-order valence-electron chi connectivity index (χ1n) is 6.27. The van der Waals surface area contributed by atoms with Gasteiger partial charge in [-0.2, -0.15) is 0 Å². The smallest absolute Gasteiger partial charge is 0.134 e. The van der Waals surface area contributed by atoms with Crippen LogP contribution < -0.4 is 4.74 Å². The maximum atomic E-state index is 9.31. The van der Waals surface area contributed by atoms with E-state index in [0.717, 1.165) is 15.8 Å². The molecule has 0 bridgehead atoms. The Morgan fingerprint density at radius 1 is 1.11 bits per heavy atom. The molecule has 2 aromatic carbocycles. The van der Waals surface area contributed by atoms with E-state index in [9.17, 15) is 5.11 Å². The van der Waals surface area contributed by atoms with E-state index in [-0.39, 0.29) is 6.61 Å². The van der Waals surface area contributed by atoms with Gasteiger partial charge in [0.05, 0.1) is 6.61 Å². The quantitative estimate of drug-likeness (QED) is 0.871. The SMILES string of the molecule is CC(C)c1ccc(Oc2cc(Br)ccc2CO)cc1. The van der Waals surface area contributed by atoms with Crippen molar-refractivity contribution in [2.24, 2.45) is 0 Å². The highest BCUT2D eigenvalue weighted by molar-refractivity contribution is 9.10. The lowest BCUT2D eigenvalue weighted by atomic mass is 10.0. The molecule has 19 heavy (non-hydrogen) atoms. The summed E-state index contributed by atoms with van der Waals surface area (Å²) in [6.07, 6.45) is 0. The Hall–Kier alpha value is -1.32. The zero-order valence-electron chi connectivity index (χ0n) is 11.1. The van der Waals surface area contributed by atoms with E-state index >= 15 is 0 Å². The summed E-state index contributed by atoms with van der Waals surface area (Å²) >= 11 is 3.41. The second-order valence-corrected chi connectivity index (χ2v) is 5.65. The minimum Gasteiger partial charge on any atom is -0.457 e. The minimum atomic E-state index is -0.0350. The van der Waals surface area contributed by atoms with Crippen molar-refractivity contribution in [2.45, 2.75) is 26.4 Å². The summed E-state index contributed by atoms with van der Waals surface area (Å²) in [6, 6.07) is 13.6. The van der Waals surface area contributed by atoms with E-state index in [1.54, 1.807) is 0 Å². The van der Waals surface area contributed by atoms with Gasteiger partial charge < -0.3 is 9.84 Å². The third kappa shape index (κ3) is 3.58. The van der Waals surface area contributed by atoms with E-state index in [1.807, 2.05) is 30.3 Å². The number of rotatable bonds is 4. The highest BCUT2D eigenvalue weighted by Crippen LogP contribution is 2.29. The van der Waals surface area contributed by atoms with Crippen LogP contribution in [0.25, 0.3) is 0 Å². The van der Waals surface area contributed by atoms with Gasteiger partial charge in [0, 0.05) is 10.0 Å². The van der Waals surface area contributed by atoms with E-state index in [1.165, 1.54) is 5.56 Å². The fraction of sp³-hybridized carbons (Fsp3) is 0.250. The number of hydrogen-bond donors (Lipinski definition) is 1. The van der Waals surface area contributed by atoms with Crippen molar-refractivity contribution in [3.63, 3.8) is 0 Å². The van der Waals surface area contributed by atoms with Crippen LogP contribution in [0.1, 0.15) is 30.9 Å². The fourth-order valence-electron chi connectivity index (χ4n) is 1.80. The molecule has 0 aliphatic heterocycles. The molecular formula is C16H17BrO2.